The third kappa shape index (κ3) is 3.08. The van der Waals surface area contributed by atoms with E-state index < -0.39 is 0 Å². The molecule has 1 aliphatic rings. The number of hydrogen-bond acceptors (Lipinski definition) is 3. The van der Waals surface area contributed by atoms with Crippen molar-refractivity contribution < 1.29 is 4.74 Å². The number of benzene rings is 1. The second kappa shape index (κ2) is 6.08. The summed E-state index contributed by atoms with van der Waals surface area (Å²) in [6, 6.07) is 8.33. The normalized spacial score (nSPS) is 26.1. The number of nitrogens with zero attached hydrogens (tertiary/aromatic N) is 1. The van der Waals surface area contributed by atoms with Crippen molar-refractivity contribution in [3.05, 3.63) is 29.3 Å². The Bertz CT molecular complexity index is 478. The summed E-state index contributed by atoms with van der Waals surface area (Å²) in [5.41, 5.74) is 1.75. The predicted octanol–water partition coefficient (Wildman–Crippen LogP) is 3.09. The van der Waals surface area contributed by atoms with E-state index in [0.29, 0.717) is 17.5 Å². The van der Waals surface area contributed by atoms with Crippen LogP contribution in [-0.2, 0) is 6.54 Å². The van der Waals surface area contributed by atoms with Crippen LogP contribution in [0, 0.1) is 23.2 Å². The lowest BCUT2D eigenvalue weighted by Gasteiger charge is -2.20. The van der Waals surface area contributed by atoms with Gasteiger partial charge in [0.25, 0.3) is 0 Å². The van der Waals surface area contributed by atoms with Crippen molar-refractivity contribution in [2.75, 3.05) is 7.11 Å². The zero-order valence-corrected chi connectivity index (χ0v) is 11.9. The molecule has 19 heavy (non-hydrogen) atoms. The molecule has 102 valence electrons. The first-order chi connectivity index (χ1) is 9.15. The minimum Gasteiger partial charge on any atom is -0.496 e. The lowest BCUT2D eigenvalue weighted by molar-refractivity contribution is 0.364. The quantitative estimate of drug-likeness (QED) is 0.902. The fourth-order valence-electron chi connectivity index (χ4n) is 2.88. The summed E-state index contributed by atoms with van der Waals surface area (Å²) in [5, 5.41) is 12.6. The van der Waals surface area contributed by atoms with E-state index >= 15 is 0 Å². The van der Waals surface area contributed by atoms with Gasteiger partial charge < -0.3 is 10.1 Å². The number of nitriles is 1. The Balaban J connectivity index is 2.04. The summed E-state index contributed by atoms with van der Waals surface area (Å²) >= 11 is 0. The van der Waals surface area contributed by atoms with Gasteiger partial charge >= 0.3 is 0 Å². The number of ether oxygens (including phenoxy) is 1. The van der Waals surface area contributed by atoms with Crippen LogP contribution in [0.25, 0.3) is 0 Å². The fraction of sp³-hybridized carbons (Fsp3) is 0.562. The molecule has 0 aromatic heterocycles. The van der Waals surface area contributed by atoms with E-state index in [2.05, 4.69) is 25.2 Å². The van der Waals surface area contributed by atoms with Gasteiger partial charge in [0.05, 0.1) is 18.7 Å². The molecule has 0 heterocycles. The van der Waals surface area contributed by atoms with Gasteiger partial charge in [-0.2, -0.15) is 5.26 Å². The summed E-state index contributed by atoms with van der Waals surface area (Å²) in [7, 11) is 1.67. The van der Waals surface area contributed by atoms with E-state index in [-0.39, 0.29) is 0 Å². The van der Waals surface area contributed by atoms with E-state index in [1.54, 1.807) is 13.2 Å². The largest absolute Gasteiger partial charge is 0.496 e. The lowest BCUT2D eigenvalue weighted by Crippen LogP contribution is -2.32. The second-order valence-electron chi connectivity index (χ2n) is 5.54. The standard InChI is InChI=1S/C16H22N2O/c1-11-4-6-15(12(11)2)18-10-14-8-13(9-17)5-7-16(14)19-3/h5,7-8,11-12,15,18H,4,6,10H2,1-3H3. The van der Waals surface area contributed by atoms with Crippen LogP contribution >= 0.6 is 0 Å². The summed E-state index contributed by atoms with van der Waals surface area (Å²) in [5.74, 6) is 2.36. The van der Waals surface area contributed by atoms with Crippen LogP contribution in [0.1, 0.15) is 37.8 Å². The third-order valence-corrected chi connectivity index (χ3v) is 4.43. The molecule has 0 saturated heterocycles. The topological polar surface area (TPSA) is 45.0 Å². The van der Waals surface area contributed by atoms with E-state index in [4.69, 9.17) is 10.00 Å². The molecule has 3 atom stereocenters. The van der Waals surface area contributed by atoms with Crippen molar-refractivity contribution in [2.24, 2.45) is 11.8 Å². The van der Waals surface area contributed by atoms with Crippen molar-refractivity contribution in [3.63, 3.8) is 0 Å². The maximum absolute atomic E-state index is 8.97. The number of nitrogens with one attached hydrogen (secondary N) is 1. The third-order valence-electron chi connectivity index (χ3n) is 4.43. The van der Waals surface area contributed by atoms with Crippen LogP contribution in [0.4, 0.5) is 0 Å². The number of hydrogen-bond donors (Lipinski definition) is 1. The molecule has 3 unspecified atom stereocenters. The molecular formula is C16H22N2O. The maximum atomic E-state index is 8.97. The van der Waals surface area contributed by atoms with Crippen molar-refractivity contribution in [1.29, 1.82) is 5.26 Å². The average molecular weight is 258 g/mol. The molecule has 1 saturated carbocycles. The van der Waals surface area contributed by atoms with Gasteiger partial charge in [-0.3, -0.25) is 0 Å². The van der Waals surface area contributed by atoms with E-state index in [1.807, 2.05) is 12.1 Å². The molecular weight excluding hydrogens is 236 g/mol. The van der Waals surface area contributed by atoms with Crippen LogP contribution in [0.15, 0.2) is 18.2 Å². The highest BCUT2D eigenvalue weighted by Crippen LogP contribution is 2.31. The molecule has 1 aromatic carbocycles. The summed E-state index contributed by atoms with van der Waals surface area (Å²) < 4.78 is 5.36. The molecule has 0 amide bonds. The number of methoxy groups -OCH3 is 1. The molecule has 3 heteroatoms. The Morgan fingerprint density at radius 3 is 2.74 bits per heavy atom. The Hall–Kier alpha value is -1.53. The van der Waals surface area contributed by atoms with E-state index in [0.717, 1.165) is 23.8 Å². The molecule has 1 aromatic rings. The molecule has 0 bridgehead atoms. The Labute approximate surface area is 115 Å². The predicted molar refractivity (Wildman–Crippen MR) is 75.9 cm³/mol. The van der Waals surface area contributed by atoms with Crippen molar-refractivity contribution in [3.8, 4) is 11.8 Å². The van der Waals surface area contributed by atoms with Gasteiger partial charge in [0.15, 0.2) is 0 Å². The minimum absolute atomic E-state index is 0.574. The minimum atomic E-state index is 0.574. The Kier molecular flexibility index (Phi) is 4.44. The van der Waals surface area contributed by atoms with Gasteiger partial charge in [0.2, 0.25) is 0 Å². The molecule has 1 aliphatic carbocycles. The molecule has 1 fully saturated rings. The molecule has 0 spiro atoms. The number of rotatable bonds is 4. The van der Waals surface area contributed by atoms with Gasteiger partial charge in [-0.1, -0.05) is 13.8 Å². The highest BCUT2D eigenvalue weighted by Gasteiger charge is 2.29. The van der Waals surface area contributed by atoms with Crippen LogP contribution in [0.3, 0.4) is 0 Å². The fourth-order valence-corrected chi connectivity index (χ4v) is 2.88. The highest BCUT2D eigenvalue weighted by atomic mass is 16.5. The first kappa shape index (κ1) is 13.9. The van der Waals surface area contributed by atoms with Crippen LogP contribution in [0.2, 0.25) is 0 Å². The van der Waals surface area contributed by atoms with Crippen LogP contribution in [0.5, 0.6) is 5.75 Å². The van der Waals surface area contributed by atoms with E-state index in [1.165, 1.54) is 12.8 Å². The molecule has 3 nitrogen and oxygen atoms in total. The van der Waals surface area contributed by atoms with Gasteiger partial charge in [-0.25, -0.2) is 0 Å². The first-order valence-corrected chi connectivity index (χ1v) is 6.96. The lowest BCUT2D eigenvalue weighted by atomic mass is 9.97. The van der Waals surface area contributed by atoms with Crippen molar-refractivity contribution >= 4 is 0 Å². The van der Waals surface area contributed by atoms with Crippen molar-refractivity contribution in [1.82, 2.24) is 5.32 Å². The smallest absolute Gasteiger partial charge is 0.123 e. The van der Waals surface area contributed by atoms with Gasteiger partial charge in [0, 0.05) is 18.2 Å². The summed E-state index contributed by atoms with van der Waals surface area (Å²) in [6.45, 7) is 5.40. The van der Waals surface area contributed by atoms with Crippen LogP contribution < -0.4 is 10.1 Å². The monoisotopic (exact) mass is 258 g/mol. The summed E-state index contributed by atoms with van der Waals surface area (Å²) in [4.78, 5) is 0. The Morgan fingerprint density at radius 1 is 1.37 bits per heavy atom. The molecule has 0 aliphatic heterocycles. The zero-order chi connectivity index (χ0) is 13.8. The van der Waals surface area contributed by atoms with Gasteiger partial charge in [0.1, 0.15) is 5.75 Å². The van der Waals surface area contributed by atoms with E-state index in [9.17, 15) is 0 Å². The molecule has 2 rings (SSSR count). The SMILES string of the molecule is COc1ccc(C#N)cc1CNC1CCC(C)C1C. The zero-order valence-electron chi connectivity index (χ0n) is 11.9. The van der Waals surface area contributed by atoms with Crippen LogP contribution in [-0.4, -0.2) is 13.2 Å². The summed E-state index contributed by atoms with van der Waals surface area (Å²) in [6.07, 6.45) is 2.54. The van der Waals surface area contributed by atoms with Gasteiger partial charge in [-0.15, -0.1) is 0 Å². The Morgan fingerprint density at radius 2 is 2.16 bits per heavy atom. The average Bonchev–Trinajstić information content (AvgIpc) is 2.76. The molecule has 0 radical (unpaired) electrons. The highest BCUT2D eigenvalue weighted by molar-refractivity contribution is 5.42. The van der Waals surface area contributed by atoms with Gasteiger partial charge in [-0.05, 0) is 42.9 Å². The maximum Gasteiger partial charge on any atom is 0.123 e. The first-order valence-electron chi connectivity index (χ1n) is 6.96. The molecule has 1 N–H and O–H groups in total. The second-order valence-corrected chi connectivity index (χ2v) is 5.54. The van der Waals surface area contributed by atoms with Crippen molar-refractivity contribution in [2.45, 2.75) is 39.3 Å².